The summed E-state index contributed by atoms with van der Waals surface area (Å²) >= 11 is 0. The molecule has 2 rings (SSSR count). The molecule has 0 bridgehead atoms. The van der Waals surface area contributed by atoms with E-state index in [-0.39, 0.29) is 26.2 Å². The fourth-order valence-electron chi connectivity index (χ4n) is 4.67. The number of carbonyl (C=O) groups is 5. The standard InChI is InChI=1S/C16H29N5O7.C9H16O/c17-13(22)9-18-1-3-19(10-14(23)24)5-7-21(12-16(27)28)8-6-20(4-2-18)11-15(25)26;1-7-3-5-9(6-4-7)8(2)10/h1-12H2,(H2,17,22)(H,23,24)(H,25,26)(H,27,28);7,9H,3-6H2,1-2H3. The molecule has 1 heterocycles. The summed E-state index contributed by atoms with van der Waals surface area (Å²) in [5, 5.41) is 27.3. The minimum absolute atomic E-state index is 0.00698. The second kappa shape index (κ2) is 17.8. The summed E-state index contributed by atoms with van der Waals surface area (Å²) in [6.45, 7) is 6.20. The summed E-state index contributed by atoms with van der Waals surface area (Å²) in [7, 11) is 0. The Balaban J connectivity index is 0.000000600. The number of aliphatic carboxylic acids is 3. The first-order valence-electron chi connectivity index (χ1n) is 13.2. The molecule has 0 atom stereocenters. The molecule has 2 aliphatic rings. The van der Waals surface area contributed by atoms with Gasteiger partial charge in [-0.3, -0.25) is 43.6 Å². The number of rotatable bonds is 9. The predicted octanol–water partition coefficient (Wildman–Crippen LogP) is -0.651. The van der Waals surface area contributed by atoms with E-state index < -0.39 is 23.8 Å². The molecule has 0 aromatic rings. The maximum atomic E-state index is 11.3. The number of carboxylic acids is 3. The van der Waals surface area contributed by atoms with Crippen molar-refractivity contribution in [3.8, 4) is 0 Å². The van der Waals surface area contributed by atoms with Crippen LogP contribution in [-0.2, 0) is 24.0 Å². The highest BCUT2D eigenvalue weighted by molar-refractivity contribution is 5.78. The third-order valence-corrected chi connectivity index (χ3v) is 6.98. The lowest BCUT2D eigenvalue weighted by Gasteiger charge is -2.32. The smallest absolute Gasteiger partial charge is 0.317 e. The lowest BCUT2D eigenvalue weighted by Crippen LogP contribution is -2.49. The van der Waals surface area contributed by atoms with Crippen LogP contribution in [0.15, 0.2) is 0 Å². The maximum Gasteiger partial charge on any atom is 0.317 e. The van der Waals surface area contributed by atoms with Crippen molar-refractivity contribution < 1.29 is 39.3 Å². The van der Waals surface area contributed by atoms with E-state index in [0.29, 0.717) is 64.1 Å². The van der Waals surface area contributed by atoms with Crippen molar-refractivity contribution in [2.75, 3.05) is 78.5 Å². The van der Waals surface area contributed by atoms with E-state index in [9.17, 15) is 24.0 Å². The highest BCUT2D eigenvalue weighted by atomic mass is 16.4. The van der Waals surface area contributed by atoms with Gasteiger partial charge in [-0.2, -0.15) is 0 Å². The van der Waals surface area contributed by atoms with Crippen molar-refractivity contribution in [3.63, 3.8) is 0 Å². The molecule has 0 aromatic heterocycles. The van der Waals surface area contributed by atoms with Crippen LogP contribution in [0, 0.1) is 11.8 Å². The van der Waals surface area contributed by atoms with E-state index in [1.807, 2.05) is 0 Å². The number of nitrogens with zero attached hydrogens (tertiary/aromatic N) is 4. The lowest BCUT2D eigenvalue weighted by atomic mass is 9.81. The van der Waals surface area contributed by atoms with Crippen LogP contribution in [0.1, 0.15) is 39.5 Å². The molecule has 1 aliphatic carbocycles. The summed E-state index contributed by atoms with van der Waals surface area (Å²) in [6, 6.07) is 0. The monoisotopic (exact) mass is 543 g/mol. The van der Waals surface area contributed by atoms with Crippen molar-refractivity contribution in [3.05, 3.63) is 0 Å². The molecule has 13 heteroatoms. The summed E-state index contributed by atoms with van der Waals surface area (Å²) in [5.74, 6) is -1.86. The largest absolute Gasteiger partial charge is 0.480 e. The molecule has 2 fully saturated rings. The normalized spacial score (nSPS) is 23.2. The summed E-state index contributed by atoms with van der Waals surface area (Å²) < 4.78 is 0. The molecule has 0 radical (unpaired) electrons. The zero-order chi connectivity index (χ0) is 28.7. The third-order valence-electron chi connectivity index (χ3n) is 6.98. The Morgan fingerprint density at radius 3 is 1.13 bits per heavy atom. The average molecular weight is 544 g/mol. The van der Waals surface area contributed by atoms with Crippen LogP contribution in [0.4, 0.5) is 0 Å². The van der Waals surface area contributed by atoms with Gasteiger partial charge in [0.25, 0.3) is 0 Å². The van der Waals surface area contributed by atoms with Gasteiger partial charge in [0.05, 0.1) is 26.2 Å². The van der Waals surface area contributed by atoms with Crippen LogP contribution in [0.25, 0.3) is 0 Å². The van der Waals surface area contributed by atoms with Crippen molar-refractivity contribution >= 4 is 29.6 Å². The molecule has 5 N–H and O–H groups in total. The van der Waals surface area contributed by atoms with Gasteiger partial charge in [0.2, 0.25) is 5.91 Å². The van der Waals surface area contributed by atoms with E-state index in [1.54, 1.807) is 26.5 Å². The summed E-state index contributed by atoms with van der Waals surface area (Å²) in [5.41, 5.74) is 5.28. The topological polar surface area (TPSA) is 185 Å². The van der Waals surface area contributed by atoms with Crippen molar-refractivity contribution in [2.45, 2.75) is 39.5 Å². The Bertz CT molecular complexity index is 676. The SMILES string of the molecule is CC(=O)C1CCC(C)CC1.NC(=O)CN1CCN(CC(=O)O)CCN(CC(=O)O)CCN(CC(=O)O)CC1. The summed E-state index contributed by atoms with van der Waals surface area (Å²) in [4.78, 5) is 62.3. The van der Waals surface area contributed by atoms with E-state index in [4.69, 9.17) is 21.1 Å². The highest BCUT2D eigenvalue weighted by Crippen LogP contribution is 2.28. The molecule has 13 nitrogen and oxygen atoms in total. The quantitative estimate of drug-likeness (QED) is 0.288. The van der Waals surface area contributed by atoms with Crippen molar-refractivity contribution in [1.82, 2.24) is 19.6 Å². The van der Waals surface area contributed by atoms with E-state index in [0.717, 1.165) is 18.8 Å². The second-order valence-electron chi connectivity index (χ2n) is 10.3. The molecular formula is C25H45N5O8. The molecular weight excluding hydrogens is 498 g/mol. The number of nitrogens with two attached hydrogens (primary N) is 1. The minimum Gasteiger partial charge on any atom is -0.480 e. The van der Waals surface area contributed by atoms with Crippen LogP contribution in [-0.4, -0.2) is 143 Å². The number of ketones is 1. The molecule has 218 valence electrons. The zero-order valence-corrected chi connectivity index (χ0v) is 22.7. The highest BCUT2D eigenvalue weighted by Gasteiger charge is 2.22. The average Bonchev–Trinajstić information content (AvgIpc) is 2.80. The Hall–Kier alpha value is -2.61. The number of carboxylic acid groups (broad SMARTS) is 3. The first-order valence-corrected chi connectivity index (χ1v) is 13.2. The second-order valence-corrected chi connectivity index (χ2v) is 10.3. The fourth-order valence-corrected chi connectivity index (χ4v) is 4.67. The Morgan fingerprint density at radius 2 is 0.895 bits per heavy atom. The van der Waals surface area contributed by atoms with E-state index >= 15 is 0 Å². The Kier molecular flexibility index (Phi) is 15.7. The number of primary amides is 1. The molecule has 1 saturated heterocycles. The van der Waals surface area contributed by atoms with Crippen LogP contribution in [0.3, 0.4) is 0 Å². The van der Waals surface area contributed by atoms with E-state index in [1.165, 1.54) is 12.8 Å². The molecule has 1 amide bonds. The number of Topliss-reactive ketones (excluding diaryl/α,β-unsaturated/α-hetero) is 1. The van der Waals surface area contributed by atoms with Gasteiger partial charge in [-0.1, -0.05) is 19.8 Å². The van der Waals surface area contributed by atoms with Gasteiger partial charge in [0, 0.05) is 58.3 Å². The van der Waals surface area contributed by atoms with Crippen LogP contribution >= 0.6 is 0 Å². The molecule has 0 unspecified atom stereocenters. The number of carbonyl (C=O) groups excluding carboxylic acids is 2. The first-order chi connectivity index (χ1) is 17.8. The molecule has 1 aliphatic heterocycles. The Labute approximate surface area is 224 Å². The van der Waals surface area contributed by atoms with Crippen LogP contribution in [0.5, 0.6) is 0 Å². The van der Waals surface area contributed by atoms with E-state index in [2.05, 4.69) is 6.92 Å². The van der Waals surface area contributed by atoms with Gasteiger partial charge in [-0.05, 0) is 25.7 Å². The molecule has 0 aromatic carbocycles. The zero-order valence-electron chi connectivity index (χ0n) is 22.7. The number of hydrogen-bond acceptors (Lipinski definition) is 9. The van der Waals surface area contributed by atoms with Gasteiger partial charge < -0.3 is 21.1 Å². The lowest BCUT2D eigenvalue weighted by molar-refractivity contribution is -0.140. The minimum atomic E-state index is -1.01. The molecule has 1 saturated carbocycles. The summed E-state index contributed by atoms with van der Waals surface area (Å²) in [6.07, 6.45) is 4.78. The van der Waals surface area contributed by atoms with Gasteiger partial charge in [-0.25, -0.2) is 0 Å². The fraction of sp³-hybridized carbons (Fsp3) is 0.800. The third kappa shape index (κ3) is 15.6. The van der Waals surface area contributed by atoms with Gasteiger partial charge in [0.1, 0.15) is 5.78 Å². The van der Waals surface area contributed by atoms with Crippen LogP contribution < -0.4 is 5.73 Å². The van der Waals surface area contributed by atoms with Crippen LogP contribution in [0.2, 0.25) is 0 Å². The maximum absolute atomic E-state index is 11.3. The van der Waals surface area contributed by atoms with Gasteiger partial charge in [0.15, 0.2) is 0 Å². The van der Waals surface area contributed by atoms with Gasteiger partial charge in [-0.15, -0.1) is 0 Å². The van der Waals surface area contributed by atoms with Crippen molar-refractivity contribution in [1.29, 1.82) is 0 Å². The Morgan fingerprint density at radius 1 is 0.605 bits per heavy atom. The predicted molar refractivity (Wildman–Crippen MR) is 140 cm³/mol. The van der Waals surface area contributed by atoms with Gasteiger partial charge >= 0.3 is 17.9 Å². The first kappa shape index (κ1) is 33.4. The number of amides is 1. The number of hydrogen-bond donors (Lipinski definition) is 4. The molecule has 0 spiro atoms. The van der Waals surface area contributed by atoms with Crippen molar-refractivity contribution in [2.24, 2.45) is 17.6 Å². The molecule has 38 heavy (non-hydrogen) atoms.